The number of hydrogen-bond acceptors (Lipinski definition) is 5. The van der Waals surface area contributed by atoms with E-state index in [1.165, 1.54) is 6.92 Å². The Morgan fingerprint density at radius 1 is 0.778 bits per heavy atom. The summed E-state index contributed by atoms with van der Waals surface area (Å²) in [6.45, 7) is 3.35. The summed E-state index contributed by atoms with van der Waals surface area (Å²) in [4.78, 5) is 26.7. The van der Waals surface area contributed by atoms with Crippen molar-refractivity contribution in [3.8, 4) is 0 Å². The average Bonchev–Trinajstić information content (AvgIpc) is 2.90. The van der Waals surface area contributed by atoms with E-state index in [2.05, 4.69) is 0 Å². The fraction of sp³-hybridized carbons (Fsp3) is 0.133. The molecule has 0 aromatic heterocycles. The van der Waals surface area contributed by atoms with Crippen LogP contribution in [0.2, 0.25) is 0 Å². The molecule has 1 atom stereocenters. The zero-order valence-electron chi connectivity index (χ0n) is 20.0. The summed E-state index contributed by atoms with van der Waals surface area (Å²) in [5, 5.41) is 0. The third kappa shape index (κ3) is 5.50. The van der Waals surface area contributed by atoms with E-state index in [-0.39, 0.29) is 17.1 Å². The molecule has 0 aliphatic carbocycles. The highest BCUT2D eigenvalue weighted by Crippen LogP contribution is 2.31. The van der Waals surface area contributed by atoms with Gasteiger partial charge in [-0.3, -0.25) is 4.79 Å². The molecule has 182 valence electrons. The van der Waals surface area contributed by atoms with E-state index in [0.29, 0.717) is 17.4 Å². The second-order valence-electron chi connectivity index (χ2n) is 8.89. The summed E-state index contributed by atoms with van der Waals surface area (Å²) in [6, 6.07) is 30.7. The molecule has 0 bridgehead atoms. The molecule has 0 aliphatic rings. The molecular formula is C30H26O4S2. The van der Waals surface area contributed by atoms with Gasteiger partial charge in [-0.15, -0.1) is 0 Å². The molecule has 4 aromatic rings. The van der Waals surface area contributed by atoms with Crippen molar-refractivity contribution in [1.82, 2.24) is 0 Å². The Hall–Kier alpha value is -3.48. The first-order chi connectivity index (χ1) is 17.2. The van der Waals surface area contributed by atoms with Gasteiger partial charge in [0.1, 0.15) is 11.0 Å². The number of hydrogen-bond donors (Lipinski definition) is 0. The van der Waals surface area contributed by atoms with Crippen LogP contribution in [0.5, 0.6) is 0 Å². The van der Waals surface area contributed by atoms with Gasteiger partial charge in [-0.25, -0.2) is 8.42 Å². The zero-order chi connectivity index (χ0) is 25.8. The van der Waals surface area contributed by atoms with Gasteiger partial charge in [0.05, 0.1) is 4.90 Å². The lowest BCUT2D eigenvalue weighted by atomic mass is 10.0. The van der Waals surface area contributed by atoms with E-state index in [1.807, 2.05) is 73.7 Å². The Balaban J connectivity index is 1.45. The first kappa shape index (κ1) is 25.6. The van der Waals surface area contributed by atoms with Crippen LogP contribution in [0.4, 0.5) is 0 Å². The van der Waals surface area contributed by atoms with Crippen LogP contribution >= 0.6 is 11.8 Å². The fourth-order valence-corrected chi connectivity index (χ4v) is 6.17. The highest BCUT2D eigenvalue weighted by molar-refractivity contribution is 7.99. The first-order valence-electron chi connectivity index (χ1n) is 11.5. The number of rotatable bonds is 9. The number of aldehydes is 1. The lowest BCUT2D eigenvalue weighted by molar-refractivity contribution is -0.109. The van der Waals surface area contributed by atoms with Gasteiger partial charge in [-0.05, 0) is 74.4 Å². The van der Waals surface area contributed by atoms with E-state index in [0.717, 1.165) is 20.9 Å². The van der Waals surface area contributed by atoms with Gasteiger partial charge in [0, 0.05) is 20.9 Å². The molecule has 0 aliphatic heterocycles. The maximum Gasteiger partial charge on any atom is 0.193 e. The Labute approximate surface area is 216 Å². The SMILES string of the molecule is Cc1ccc(S(=O)(=O)C(C)(C=O)Cc2ccc(Sc3ccc(C(=O)c4ccccc4)cc3)cc2)cc1. The summed E-state index contributed by atoms with van der Waals surface area (Å²) in [7, 11) is -3.86. The van der Waals surface area contributed by atoms with Gasteiger partial charge in [0.2, 0.25) is 0 Å². The van der Waals surface area contributed by atoms with E-state index in [9.17, 15) is 18.0 Å². The van der Waals surface area contributed by atoms with Crippen molar-refractivity contribution in [3.05, 3.63) is 125 Å². The summed E-state index contributed by atoms with van der Waals surface area (Å²) in [5.74, 6) is -0.0182. The smallest absolute Gasteiger partial charge is 0.193 e. The molecule has 36 heavy (non-hydrogen) atoms. The van der Waals surface area contributed by atoms with Crippen LogP contribution in [-0.2, 0) is 21.1 Å². The number of sulfone groups is 1. The van der Waals surface area contributed by atoms with Gasteiger partial charge < -0.3 is 4.79 Å². The maximum atomic E-state index is 13.2. The van der Waals surface area contributed by atoms with Crippen LogP contribution in [0.3, 0.4) is 0 Å². The van der Waals surface area contributed by atoms with Crippen molar-refractivity contribution < 1.29 is 18.0 Å². The van der Waals surface area contributed by atoms with Gasteiger partial charge in [-0.1, -0.05) is 71.9 Å². The second kappa shape index (κ2) is 10.6. The standard InChI is InChI=1S/C30H26O4S2/c1-22-8-18-28(19-9-22)36(33,34)30(2,21-31)20-23-10-14-26(15-11-23)35-27-16-12-25(13-17-27)29(32)24-6-4-3-5-7-24/h3-19,21H,20H2,1-2H3. The maximum absolute atomic E-state index is 13.2. The van der Waals surface area contributed by atoms with Gasteiger partial charge >= 0.3 is 0 Å². The van der Waals surface area contributed by atoms with Crippen molar-refractivity contribution in [2.45, 2.75) is 39.7 Å². The van der Waals surface area contributed by atoms with Crippen LogP contribution < -0.4 is 0 Å². The third-order valence-corrected chi connectivity index (χ3v) is 9.44. The molecule has 0 fully saturated rings. The minimum absolute atomic E-state index is 0.0182. The number of carbonyl (C=O) groups excluding carboxylic acids is 2. The number of benzene rings is 4. The Bertz CT molecular complexity index is 1460. The first-order valence-corrected chi connectivity index (χ1v) is 13.8. The molecule has 0 heterocycles. The quantitative estimate of drug-likeness (QED) is 0.192. The van der Waals surface area contributed by atoms with Crippen molar-refractivity contribution in [1.29, 1.82) is 0 Å². The van der Waals surface area contributed by atoms with E-state index in [1.54, 1.807) is 48.2 Å². The highest BCUT2D eigenvalue weighted by atomic mass is 32.2. The van der Waals surface area contributed by atoms with Crippen molar-refractivity contribution in [3.63, 3.8) is 0 Å². The van der Waals surface area contributed by atoms with Gasteiger partial charge in [0.25, 0.3) is 0 Å². The largest absolute Gasteiger partial charge is 0.302 e. The third-order valence-electron chi connectivity index (χ3n) is 6.06. The minimum Gasteiger partial charge on any atom is -0.302 e. The predicted octanol–water partition coefficient (Wildman–Crippen LogP) is 6.35. The summed E-state index contributed by atoms with van der Waals surface area (Å²) < 4.78 is 24.9. The van der Waals surface area contributed by atoms with Gasteiger partial charge in [-0.2, -0.15) is 0 Å². The molecule has 0 saturated heterocycles. The second-order valence-corrected chi connectivity index (χ2v) is 12.4. The normalized spacial score (nSPS) is 13.1. The van der Waals surface area contributed by atoms with Crippen LogP contribution in [-0.4, -0.2) is 25.2 Å². The number of carbonyl (C=O) groups is 2. The lowest BCUT2D eigenvalue weighted by Gasteiger charge is -2.23. The van der Waals surface area contributed by atoms with E-state index < -0.39 is 14.6 Å². The topological polar surface area (TPSA) is 68.3 Å². The molecule has 1 unspecified atom stereocenters. The van der Waals surface area contributed by atoms with Crippen LogP contribution in [0, 0.1) is 6.92 Å². The molecule has 6 heteroatoms. The fourth-order valence-electron chi connectivity index (χ4n) is 3.83. The monoisotopic (exact) mass is 514 g/mol. The highest BCUT2D eigenvalue weighted by Gasteiger charge is 2.40. The molecule has 0 amide bonds. The Kier molecular flexibility index (Phi) is 7.57. The zero-order valence-corrected chi connectivity index (χ0v) is 21.7. The Morgan fingerprint density at radius 2 is 1.31 bits per heavy atom. The summed E-state index contributed by atoms with van der Waals surface area (Å²) in [6.07, 6.45) is 0.608. The lowest BCUT2D eigenvalue weighted by Crippen LogP contribution is -2.39. The van der Waals surface area contributed by atoms with Crippen molar-refractivity contribution in [2.24, 2.45) is 0 Å². The number of ketones is 1. The summed E-state index contributed by atoms with van der Waals surface area (Å²) in [5.41, 5.74) is 2.99. The van der Waals surface area contributed by atoms with Gasteiger partial charge in [0.15, 0.2) is 15.6 Å². The minimum atomic E-state index is -3.86. The molecule has 4 rings (SSSR count). The van der Waals surface area contributed by atoms with E-state index in [4.69, 9.17) is 0 Å². The van der Waals surface area contributed by atoms with Crippen molar-refractivity contribution in [2.75, 3.05) is 0 Å². The van der Waals surface area contributed by atoms with Crippen LogP contribution in [0.1, 0.15) is 34.0 Å². The molecule has 0 saturated carbocycles. The Morgan fingerprint density at radius 3 is 1.86 bits per heavy atom. The van der Waals surface area contributed by atoms with Crippen molar-refractivity contribution >= 4 is 33.7 Å². The molecule has 0 spiro atoms. The molecule has 0 radical (unpaired) electrons. The molecule has 4 nitrogen and oxygen atoms in total. The van der Waals surface area contributed by atoms with Crippen LogP contribution in [0.15, 0.2) is 118 Å². The number of aryl methyl sites for hydroxylation is 1. The predicted molar refractivity (Wildman–Crippen MR) is 143 cm³/mol. The van der Waals surface area contributed by atoms with Crippen LogP contribution in [0.25, 0.3) is 0 Å². The summed E-state index contributed by atoms with van der Waals surface area (Å²) >= 11 is 1.54. The molecule has 0 N–H and O–H groups in total. The molecular weight excluding hydrogens is 488 g/mol. The van der Waals surface area contributed by atoms with E-state index >= 15 is 0 Å². The molecule has 4 aromatic carbocycles. The average molecular weight is 515 g/mol.